The zero-order valence-electron chi connectivity index (χ0n) is 14.1. The van der Waals surface area contributed by atoms with Gasteiger partial charge in [0.05, 0.1) is 20.8 Å². The first-order chi connectivity index (χ1) is 12.1. The highest BCUT2D eigenvalue weighted by Gasteiger charge is 2.14. The lowest BCUT2D eigenvalue weighted by Crippen LogP contribution is -2.09. The summed E-state index contributed by atoms with van der Waals surface area (Å²) in [7, 11) is 3.07. The SMILES string of the molecule is CCOC(=O)c1coc(NC(=O)/C=C/c2ccc(OC)c(OC)c2)n1. The Bertz CT molecular complexity index is 781. The minimum absolute atomic E-state index is 0.0129. The van der Waals surface area contributed by atoms with Crippen molar-refractivity contribution in [3.63, 3.8) is 0 Å². The number of carbonyl (C=O) groups excluding carboxylic acids is 2. The molecule has 0 saturated heterocycles. The molecule has 1 N–H and O–H groups in total. The molecule has 1 heterocycles. The largest absolute Gasteiger partial charge is 0.493 e. The van der Waals surface area contributed by atoms with Crippen molar-refractivity contribution in [1.29, 1.82) is 0 Å². The Morgan fingerprint density at radius 2 is 2.00 bits per heavy atom. The van der Waals surface area contributed by atoms with Crippen molar-refractivity contribution in [1.82, 2.24) is 4.98 Å². The Balaban J connectivity index is 2.00. The number of hydrogen-bond acceptors (Lipinski definition) is 7. The molecule has 0 aliphatic rings. The van der Waals surface area contributed by atoms with Crippen LogP contribution in [0, 0.1) is 0 Å². The topological polar surface area (TPSA) is 99.9 Å². The second-order valence-corrected chi connectivity index (χ2v) is 4.70. The van der Waals surface area contributed by atoms with Gasteiger partial charge in [-0.1, -0.05) is 6.07 Å². The zero-order valence-corrected chi connectivity index (χ0v) is 14.1. The summed E-state index contributed by atoms with van der Waals surface area (Å²) in [6, 6.07) is 5.14. The van der Waals surface area contributed by atoms with Crippen LogP contribution in [0.4, 0.5) is 6.01 Å². The first-order valence-electron chi connectivity index (χ1n) is 7.41. The molecule has 0 radical (unpaired) electrons. The minimum Gasteiger partial charge on any atom is -0.493 e. The maximum absolute atomic E-state index is 11.9. The fourth-order valence-electron chi connectivity index (χ4n) is 1.91. The normalized spacial score (nSPS) is 10.5. The van der Waals surface area contributed by atoms with Gasteiger partial charge >= 0.3 is 12.0 Å². The van der Waals surface area contributed by atoms with Crippen molar-refractivity contribution < 1.29 is 28.2 Å². The maximum Gasteiger partial charge on any atom is 0.360 e. The summed E-state index contributed by atoms with van der Waals surface area (Å²) in [5.74, 6) is 0.0619. The number of nitrogens with one attached hydrogen (secondary N) is 1. The summed E-state index contributed by atoms with van der Waals surface area (Å²) in [6.45, 7) is 1.90. The van der Waals surface area contributed by atoms with Crippen LogP contribution in [0.25, 0.3) is 6.08 Å². The van der Waals surface area contributed by atoms with E-state index in [4.69, 9.17) is 18.6 Å². The number of oxazole rings is 1. The van der Waals surface area contributed by atoms with Gasteiger partial charge in [-0.15, -0.1) is 0 Å². The Labute approximate surface area is 144 Å². The molecule has 0 aliphatic carbocycles. The quantitative estimate of drug-likeness (QED) is 0.607. The lowest BCUT2D eigenvalue weighted by Gasteiger charge is -2.07. The molecule has 2 aromatic rings. The molecule has 0 spiro atoms. The van der Waals surface area contributed by atoms with E-state index in [1.165, 1.54) is 13.2 Å². The number of rotatable bonds is 7. The van der Waals surface area contributed by atoms with E-state index in [0.29, 0.717) is 11.5 Å². The Morgan fingerprint density at radius 1 is 1.24 bits per heavy atom. The van der Waals surface area contributed by atoms with E-state index in [-0.39, 0.29) is 18.3 Å². The standard InChI is InChI=1S/C17H18N2O6/c1-4-24-16(21)12-10-25-17(18-12)19-15(20)8-6-11-5-7-13(22-2)14(9-11)23-3/h5-10H,4H2,1-3H3,(H,18,19,20)/b8-6+. The molecule has 8 nitrogen and oxygen atoms in total. The monoisotopic (exact) mass is 346 g/mol. The Hall–Kier alpha value is -3.29. The molecule has 0 atom stereocenters. The predicted molar refractivity (Wildman–Crippen MR) is 89.7 cm³/mol. The second kappa shape index (κ2) is 8.53. The maximum atomic E-state index is 11.9. The van der Waals surface area contributed by atoms with Gasteiger partial charge in [0.2, 0.25) is 0 Å². The number of nitrogens with zero attached hydrogens (tertiary/aromatic N) is 1. The highest BCUT2D eigenvalue weighted by molar-refractivity contribution is 6.01. The van der Waals surface area contributed by atoms with Crippen molar-refractivity contribution in [3.8, 4) is 11.5 Å². The van der Waals surface area contributed by atoms with Crippen LogP contribution in [0.5, 0.6) is 11.5 Å². The third-order valence-corrected chi connectivity index (χ3v) is 3.05. The summed E-state index contributed by atoms with van der Waals surface area (Å²) in [6.07, 6.45) is 4.01. The molecule has 25 heavy (non-hydrogen) atoms. The molecule has 1 amide bonds. The summed E-state index contributed by atoms with van der Waals surface area (Å²) in [5, 5.41) is 2.41. The van der Waals surface area contributed by atoms with Gasteiger partial charge in [0.25, 0.3) is 5.91 Å². The van der Waals surface area contributed by atoms with Crippen LogP contribution >= 0.6 is 0 Å². The average molecular weight is 346 g/mol. The number of amides is 1. The molecule has 1 aromatic carbocycles. The summed E-state index contributed by atoms with van der Waals surface area (Å²) in [5.41, 5.74) is 0.730. The van der Waals surface area contributed by atoms with Gasteiger partial charge in [-0.3, -0.25) is 10.1 Å². The number of aromatic nitrogens is 1. The van der Waals surface area contributed by atoms with Crippen molar-refractivity contribution in [3.05, 3.63) is 41.8 Å². The van der Waals surface area contributed by atoms with Gasteiger partial charge in [-0.2, -0.15) is 4.98 Å². The van der Waals surface area contributed by atoms with E-state index in [0.717, 1.165) is 11.8 Å². The number of anilines is 1. The van der Waals surface area contributed by atoms with E-state index in [1.807, 2.05) is 0 Å². The predicted octanol–water partition coefficient (Wildman–Crippen LogP) is 2.52. The number of ether oxygens (including phenoxy) is 3. The Kier molecular flexibility index (Phi) is 6.16. The average Bonchev–Trinajstić information content (AvgIpc) is 3.08. The van der Waals surface area contributed by atoms with Crippen LogP contribution in [-0.2, 0) is 9.53 Å². The molecule has 0 bridgehead atoms. The second-order valence-electron chi connectivity index (χ2n) is 4.70. The van der Waals surface area contributed by atoms with E-state index >= 15 is 0 Å². The zero-order chi connectivity index (χ0) is 18.2. The molecule has 0 unspecified atom stereocenters. The smallest absolute Gasteiger partial charge is 0.360 e. The molecule has 0 aliphatic heterocycles. The van der Waals surface area contributed by atoms with Crippen LogP contribution < -0.4 is 14.8 Å². The third kappa shape index (κ3) is 4.84. The lowest BCUT2D eigenvalue weighted by atomic mass is 10.2. The van der Waals surface area contributed by atoms with E-state index in [1.54, 1.807) is 38.3 Å². The fraction of sp³-hybridized carbons (Fsp3) is 0.235. The van der Waals surface area contributed by atoms with Gasteiger partial charge in [0.1, 0.15) is 6.26 Å². The van der Waals surface area contributed by atoms with Crippen molar-refractivity contribution in [2.75, 3.05) is 26.1 Å². The number of hydrogen-bond donors (Lipinski definition) is 1. The highest BCUT2D eigenvalue weighted by atomic mass is 16.5. The molecule has 132 valence electrons. The lowest BCUT2D eigenvalue weighted by molar-refractivity contribution is -0.112. The summed E-state index contributed by atoms with van der Waals surface area (Å²) >= 11 is 0. The molecule has 0 saturated carbocycles. The van der Waals surface area contributed by atoms with Crippen molar-refractivity contribution in [2.45, 2.75) is 6.92 Å². The van der Waals surface area contributed by atoms with Crippen LogP contribution in [0.1, 0.15) is 23.0 Å². The van der Waals surface area contributed by atoms with Crippen LogP contribution in [0.15, 0.2) is 35.0 Å². The number of esters is 1. The summed E-state index contributed by atoms with van der Waals surface area (Å²) in [4.78, 5) is 27.2. The van der Waals surface area contributed by atoms with Crippen molar-refractivity contribution in [2.24, 2.45) is 0 Å². The van der Waals surface area contributed by atoms with E-state index in [2.05, 4.69) is 10.3 Å². The minimum atomic E-state index is -0.618. The highest BCUT2D eigenvalue weighted by Crippen LogP contribution is 2.27. The van der Waals surface area contributed by atoms with Gasteiger partial charge in [0.15, 0.2) is 17.2 Å². The number of benzene rings is 1. The van der Waals surface area contributed by atoms with Crippen LogP contribution in [-0.4, -0.2) is 37.7 Å². The molecular formula is C17H18N2O6. The van der Waals surface area contributed by atoms with E-state index in [9.17, 15) is 9.59 Å². The van der Waals surface area contributed by atoms with E-state index < -0.39 is 11.9 Å². The first kappa shape index (κ1) is 18.1. The molecular weight excluding hydrogens is 328 g/mol. The fourth-order valence-corrected chi connectivity index (χ4v) is 1.91. The van der Waals surface area contributed by atoms with Crippen molar-refractivity contribution >= 4 is 24.0 Å². The molecule has 2 rings (SSSR count). The number of methoxy groups -OCH3 is 2. The molecule has 8 heteroatoms. The molecule has 1 aromatic heterocycles. The van der Waals surface area contributed by atoms with Gasteiger partial charge in [-0.25, -0.2) is 4.79 Å². The van der Waals surface area contributed by atoms with Crippen LogP contribution in [0.2, 0.25) is 0 Å². The van der Waals surface area contributed by atoms with Gasteiger partial charge in [0, 0.05) is 6.08 Å². The Morgan fingerprint density at radius 3 is 2.68 bits per heavy atom. The number of carbonyl (C=O) groups is 2. The summed E-state index contributed by atoms with van der Waals surface area (Å²) < 4.78 is 20.1. The molecule has 0 fully saturated rings. The third-order valence-electron chi connectivity index (χ3n) is 3.05. The first-order valence-corrected chi connectivity index (χ1v) is 7.41. The van der Waals surface area contributed by atoms with Gasteiger partial charge < -0.3 is 18.6 Å². The van der Waals surface area contributed by atoms with Gasteiger partial charge in [-0.05, 0) is 30.7 Å². The van der Waals surface area contributed by atoms with Crippen LogP contribution in [0.3, 0.4) is 0 Å².